The second-order valence-corrected chi connectivity index (χ2v) is 4.22. The Kier molecular flexibility index (Phi) is 4.22. The van der Waals surface area contributed by atoms with Gasteiger partial charge in [-0.05, 0) is 18.2 Å². The minimum atomic E-state index is -1.06. The van der Waals surface area contributed by atoms with Gasteiger partial charge in [-0.25, -0.2) is 4.98 Å². The molecule has 7 nitrogen and oxygen atoms in total. The number of rotatable bonds is 5. The van der Waals surface area contributed by atoms with E-state index in [2.05, 4.69) is 9.97 Å². The molecule has 7 heteroatoms. The zero-order valence-electron chi connectivity index (χ0n) is 11.5. The lowest BCUT2D eigenvalue weighted by atomic mass is 10.1. The van der Waals surface area contributed by atoms with E-state index in [-0.39, 0.29) is 17.9 Å². The van der Waals surface area contributed by atoms with Gasteiger partial charge in [0, 0.05) is 6.07 Å². The molecule has 1 aromatic heterocycles. The number of aromatic amines is 1. The highest BCUT2D eigenvalue weighted by Gasteiger charge is 2.12. The molecular formula is C14H14N2O5. The van der Waals surface area contributed by atoms with Crippen LogP contribution in [0.5, 0.6) is 11.5 Å². The van der Waals surface area contributed by atoms with Crippen molar-refractivity contribution in [3.05, 3.63) is 40.3 Å². The molecule has 0 atom stereocenters. The van der Waals surface area contributed by atoms with E-state index in [0.717, 1.165) is 6.07 Å². The first kappa shape index (κ1) is 14.6. The molecule has 0 bridgehead atoms. The van der Waals surface area contributed by atoms with Crippen molar-refractivity contribution in [1.29, 1.82) is 0 Å². The number of hydrogen-bond donors (Lipinski definition) is 2. The maximum Gasteiger partial charge on any atom is 0.309 e. The number of ether oxygens (including phenoxy) is 2. The second kappa shape index (κ2) is 6.08. The lowest BCUT2D eigenvalue weighted by molar-refractivity contribution is -0.136. The predicted molar refractivity (Wildman–Crippen MR) is 74.7 cm³/mol. The number of carboxylic acids is 1. The Bertz CT molecular complexity index is 724. The standard InChI is InChI=1S/C14H14N2O5/c1-20-9-3-4-11(21-2)10(7-9)14-15-8(6-13(18)19)5-12(17)16-14/h3-5,7H,6H2,1-2H3,(H,18,19)(H,15,16,17). The molecule has 110 valence electrons. The lowest BCUT2D eigenvalue weighted by Crippen LogP contribution is -2.13. The predicted octanol–water partition coefficient (Wildman–Crippen LogP) is 1.08. The summed E-state index contributed by atoms with van der Waals surface area (Å²) in [4.78, 5) is 29.1. The van der Waals surface area contributed by atoms with Gasteiger partial charge in [-0.2, -0.15) is 0 Å². The number of nitrogens with one attached hydrogen (secondary N) is 1. The highest BCUT2D eigenvalue weighted by Crippen LogP contribution is 2.30. The number of aromatic nitrogens is 2. The van der Waals surface area contributed by atoms with Gasteiger partial charge in [0.05, 0.1) is 31.9 Å². The Hall–Kier alpha value is -2.83. The van der Waals surface area contributed by atoms with Crippen LogP contribution in [0.3, 0.4) is 0 Å². The van der Waals surface area contributed by atoms with E-state index in [4.69, 9.17) is 14.6 Å². The molecule has 0 spiro atoms. The third-order valence-electron chi connectivity index (χ3n) is 2.79. The minimum Gasteiger partial charge on any atom is -0.497 e. The molecule has 0 saturated carbocycles. The van der Waals surface area contributed by atoms with Gasteiger partial charge in [0.1, 0.15) is 17.3 Å². The summed E-state index contributed by atoms with van der Waals surface area (Å²) in [7, 11) is 3.01. The first-order valence-corrected chi connectivity index (χ1v) is 6.08. The van der Waals surface area contributed by atoms with Crippen molar-refractivity contribution >= 4 is 5.97 Å². The first-order valence-electron chi connectivity index (χ1n) is 6.08. The summed E-state index contributed by atoms with van der Waals surface area (Å²) in [6.07, 6.45) is -0.330. The molecule has 0 unspecified atom stereocenters. The molecule has 2 aromatic rings. The van der Waals surface area contributed by atoms with Gasteiger partial charge in [0.2, 0.25) is 0 Å². The van der Waals surface area contributed by atoms with E-state index < -0.39 is 11.5 Å². The van der Waals surface area contributed by atoms with Crippen molar-refractivity contribution in [2.24, 2.45) is 0 Å². The summed E-state index contributed by atoms with van der Waals surface area (Å²) in [6, 6.07) is 6.20. The average Bonchev–Trinajstić information content (AvgIpc) is 2.45. The number of carbonyl (C=O) groups is 1. The average molecular weight is 290 g/mol. The van der Waals surface area contributed by atoms with Crippen LogP contribution < -0.4 is 15.0 Å². The van der Waals surface area contributed by atoms with Gasteiger partial charge in [0.25, 0.3) is 5.56 Å². The number of methoxy groups -OCH3 is 2. The normalized spacial score (nSPS) is 10.2. The van der Waals surface area contributed by atoms with Crippen LogP contribution in [-0.4, -0.2) is 35.3 Å². The highest BCUT2D eigenvalue weighted by molar-refractivity contribution is 5.70. The largest absolute Gasteiger partial charge is 0.497 e. The van der Waals surface area contributed by atoms with Crippen LogP contribution in [0.2, 0.25) is 0 Å². The van der Waals surface area contributed by atoms with Crippen molar-refractivity contribution in [2.45, 2.75) is 6.42 Å². The number of H-pyrrole nitrogens is 1. The molecule has 0 fully saturated rings. The molecule has 1 heterocycles. The van der Waals surface area contributed by atoms with E-state index in [1.807, 2.05) is 0 Å². The van der Waals surface area contributed by atoms with Gasteiger partial charge < -0.3 is 19.6 Å². The van der Waals surface area contributed by atoms with Gasteiger partial charge >= 0.3 is 5.97 Å². The molecule has 2 rings (SSSR count). The smallest absolute Gasteiger partial charge is 0.309 e. The van der Waals surface area contributed by atoms with E-state index in [1.165, 1.54) is 14.2 Å². The van der Waals surface area contributed by atoms with Crippen LogP contribution >= 0.6 is 0 Å². The third-order valence-corrected chi connectivity index (χ3v) is 2.79. The second-order valence-electron chi connectivity index (χ2n) is 4.22. The summed E-state index contributed by atoms with van der Waals surface area (Å²) in [6.45, 7) is 0. The van der Waals surface area contributed by atoms with Gasteiger partial charge in [0.15, 0.2) is 0 Å². The van der Waals surface area contributed by atoms with Crippen molar-refractivity contribution in [1.82, 2.24) is 9.97 Å². The lowest BCUT2D eigenvalue weighted by Gasteiger charge is -2.10. The van der Waals surface area contributed by atoms with Crippen LogP contribution in [0, 0.1) is 0 Å². The SMILES string of the molecule is COc1ccc(OC)c(-c2nc(CC(=O)O)cc(=O)[nH]2)c1. The van der Waals surface area contributed by atoms with E-state index >= 15 is 0 Å². The Morgan fingerprint density at radius 3 is 2.67 bits per heavy atom. The zero-order chi connectivity index (χ0) is 15.4. The summed E-state index contributed by atoms with van der Waals surface area (Å²) < 4.78 is 10.4. The molecular weight excluding hydrogens is 276 g/mol. The van der Waals surface area contributed by atoms with Crippen molar-refractivity contribution < 1.29 is 19.4 Å². The van der Waals surface area contributed by atoms with Crippen LogP contribution in [-0.2, 0) is 11.2 Å². The summed E-state index contributed by atoms with van der Waals surface area (Å²) >= 11 is 0. The molecule has 0 amide bonds. The Morgan fingerprint density at radius 1 is 1.29 bits per heavy atom. The van der Waals surface area contributed by atoms with Gasteiger partial charge in [-0.1, -0.05) is 0 Å². The van der Waals surface area contributed by atoms with Crippen molar-refractivity contribution in [3.8, 4) is 22.9 Å². The fourth-order valence-electron chi connectivity index (χ4n) is 1.88. The van der Waals surface area contributed by atoms with Crippen molar-refractivity contribution in [2.75, 3.05) is 14.2 Å². The van der Waals surface area contributed by atoms with E-state index in [0.29, 0.717) is 17.1 Å². The number of nitrogens with zero attached hydrogens (tertiary/aromatic N) is 1. The van der Waals surface area contributed by atoms with Crippen LogP contribution in [0.25, 0.3) is 11.4 Å². The number of benzene rings is 1. The Balaban J connectivity index is 2.57. The third kappa shape index (κ3) is 3.38. The van der Waals surface area contributed by atoms with E-state index in [9.17, 15) is 9.59 Å². The number of aliphatic carboxylic acids is 1. The van der Waals surface area contributed by atoms with Crippen LogP contribution in [0.4, 0.5) is 0 Å². The van der Waals surface area contributed by atoms with Crippen LogP contribution in [0.1, 0.15) is 5.69 Å². The Labute approximate surface area is 120 Å². The topological polar surface area (TPSA) is 102 Å². The fourth-order valence-corrected chi connectivity index (χ4v) is 1.88. The maximum atomic E-state index is 11.7. The maximum absolute atomic E-state index is 11.7. The van der Waals surface area contributed by atoms with E-state index in [1.54, 1.807) is 18.2 Å². The quantitative estimate of drug-likeness (QED) is 0.854. The van der Waals surface area contributed by atoms with Crippen molar-refractivity contribution in [3.63, 3.8) is 0 Å². The number of hydrogen-bond acceptors (Lipinski definition) is 5. The molecule has 0 radical (unpaired) electrons. The Morgan fingerprint density at radius 2 is 2.05 bits per heavy atom. The molecule has 0 aliphatic rings. The van der Waals surface area contributed by atoms with Gasteiger partial charge in [-0.15, -0.1) is 0 Å². The van der Waals surface area contributed by atoms with Gasteiger partial charge in [-0.3, -0.25) is 9.59 Å². The minimum absolute atomic E-state index is 0.172. The molecule has 0 saturated heterocycles. The fraction of sp³-hybridized carbons (Fsp3) is 0.214. The molecule has 2 N–H and O–H groups in total. The molecule has 1 aromatic carbocycles. The highest BCUT2D eigenvalue weighted by atomic mass is 16.5. The zero-order valence-corrected chi connectivity index (χ0v) is 11.5. The monoisotopic (exact) mass is 290 g/mol. The molecule has 21 heavy (non-hydrogen) atoms. The first-order chi connectivity index (χ1) is 10.0. The summed E-state index contributed by atoms with van der Waals surface area (Å²) in [5.41, 5.74) is 0.258. The summed E-state index contributed by atoms with van der Waals surface area (Å²) in [5, 5.41) is 8.81. The molecule has 0 aliphatic carbocycles. The number of carboxylic acid groups (broad SMARTS) is 1. The summed E-state index contributed by atoms with van der Waals surface area (Å²) in [5.74, 6) is 0.231. The molecule has 0 aliphatic heterocycles. The van der Waals surface area contributed by atoms with Crippen LogP contribution in [0.15, 0.2) is 29.1 Å².